The summed E-state index contributed by atoms with van der Waals surface area (Å²) >= 11 is 0. The first kappa shape index (κ1) is 13.8. The van der Waals surface area contributed by atoms with E-state index in [0.29, 0.717) is 0 Å². The lowest BCUT2D eigenvalue weighted by atomic mass is 9.99. The first-order valence-corrected chi connectivity index (χ1v) is 7.91. The predicted octanol–water partition coefficient (Wildman–Crippen LogP) is 4.68. The van der Waals surface area contributed by atoms with Gasteiger partial charge in [-0.3, -0.25) is 4.99 Å². The molecule has 0 bridgehead atoms. The largest absolute Gasteiger partial charge is 0.461 e. The van der Waals surface area contributed by atoms with Gasteiger partial charge in [0.05, 0.1) is 12.3 Å². The Morgan fingerprint density at radius 1 is 0.870 bits per heavy atom. The van der Waals surface area contributed by atoms with Crippen molar-refractivity contribution in [1.29, 1.82) is 0 Å². The number of para-hydroxylation sites is 1. The highest BCUT2D eigenvalue weighted by Gasteiger charge is 2.30. The van der Waals surface area contributed by atoms with Crippen molar-refractivity contribution < 1.29 is 4.42 Å². The van der Waals surface area contributed by atoms with Crippen molar-refractivity contribution in [1.82, 2.24) is 0 Å². The van der Waals surface area contributed by atoms with Crippen LogP contribution in [0.5, 0.6) is 0 Å². The van der Waals surface area contributed by atoms with Gasteiger partial charge in [-0.05, 0) is 36.2 Å². The number of aliphatic imine (C=N–C) groups is 1. The summed E-state index contributed by atoms with van der Waals surface area (Å²) in [5.41, 5.74) is 2.44. The van der Waals surface area contributed by atoms with Crippen LogP contribution in [0.1, 0.15) is 23.8 Å². The zero-order valence-corrected chi connectivity index (χ0v) is 12.8. The second-order valence-corrected chi connectivity index (χ2v) is 5.60. The minimum atomic E-state index is 0.260. The van der Waals surface area contributed by atoms with Crippen LogP contribution < -0.4 is 4.90 Å². The molecule has 0 aliphatic carbocycles. The Hall–Kier alpha value is -2.81. The van der Waals surface area contributed by atoms with Crippen LogP contribution in [0.25, 0.3) is 0 Å². The van der Waals surface area contributed by atoms with Gasteiger partial charge in [-0.15, -0.1) is 0 Å². The molecular weight excluding hydrogens is 284 g/mol. The van der Waals surface area contributed by atoms with Crippen molar-refractivity contribution in [3.63, 3.8) is 0 Å². The molecular formula is C20H18N2O. The molecule has 114 valence electrons. The number of hydrogen-bond acceptors (Lipinski definition) is 3. The molecule has 0 radical (unpaired) electrons. The summed E-state index contributed by atoms with van der Waals surface area (Å²) in [4.78, 5) is 7.04. The van der Waals surface area contributed by atoms with E-state index in [1.54, 1.807) is 6.26 Å². The molecule has 0 saturated heterocycles. The van der Waals surface area contributed by atoms with Crippen LogP contribution in [-0.4, -0.2) is 12.4 Å². The molecule has 3 heteroatoms. The zero-order chi connectivity index (χ0) is 15.5. The number of nitrogens with zero attached hydrogens (tertiary/aromatic N) is 2. The highest BCUT2D eigenvalue weighted by Crippen LogP contribution is 2.34. The molecule has 1 aliphatic rings. The fourth-order valence-corrected chi connectivity index (χ4v) is 3.13. The number of hydrogen-bond donors (Lipinski definition) is 0. The van der Waals surface area contributed by atoms with E-state index >= 15 is 0 Å². The lowest BCUT2D eigenvalue weighted by Crippen LogP contribution is -2.39. The van der Waals surface area contributed by atoms with E-state index in [4.69, 9.17) is 9.41 Å². The minimum Gasteiger partial charge on any atom is -0.461 e. The molecule has 1 atom stereocenters. The molecule has 0 N–H and O–H groups in total. The Balaban J connectivity index is 1.82. The maximum atomic E-state index is 5.64. The van der Waals surface area contributed by atoms with Crippen LogP contribution in [-0.2, 0) is 0 Å². The molecule has 0 spiro atoms. The Morgan fingerprint density at radius 2 is 1.61 bits per heavy atom. The topological polar surface area (TPSA) is 28.7 Å². The Kier molecular flexibility index (Phi) is 3.68. The highest BCUT2D eigenvalue weighted by molar-refractivity contribution is 6.09. The number of benzene rings is 2. The van der Waals surface area contributed by atoms with Crippen LogP contribution in [0.3, 0.4) is 0 Å². The van der Waals surface area contributed by atoms with Gasteiger partial charge in [0, 0.05) is 12.2 Å². The summed E-state index contributed by atoms with van der Waals surface area (Å²) in [6.45, 7) is 0.804. The second kappa shape index (κ2) is 6.13. The van der Waals surface area contributed by atoms with E-state index < -0.39 is 0 Å². The smallest absolute Gasteiger partial charge is 0.172 e. The number of anilines is 1. The summed E-state index contributed by atoms with van der Waals surface area (Å²) in [6, 6.07) is 25.2. The van der Waals surface area contributed by atoms with Crippen molar-refractivity contribution in [3.05, 3.63) is 90.4 Å². The zero-order valence-electron chi connectivity index (χ0n) is 12.8. The average Bonchev–Trinajstić information content (AvgIpc) is 3.17. The van der Waals surface area contributed by atoms with Crippen LogP contribution in [0.15, 0.2) is 88.5 Å². The molecule has 1 aliphatic heterocycles. The molecule has 23 heavy (non-hydrogen) atoms. The Morgan fingerprint density at radius 3 is 2.30 bits per heavy atom. The van der Waals surface area contributed by atoms with E-state index in [-0.39, 0.29) is 6.04 Å². The third kappa shape index (κ3) is 2.66. The minimum absolute atomic E-state index is 0.260. The monoisotopic (exact) mass is 302 g/mol. The fourth-order valence-electron chi connectivity index (χ4n) is 3.13. The van der Waals surface area contributed by atoms with Crippen LogP contribution in [0, 0.1) is 0 Å². The third-order valence-corrected chi connectivity index (χ3v) is 4.16. The lowest BCUT2D eigenvalue weighted by molar-refractivity contribution is 0.544. The number of rotatable bonds is 3. The van der Waals surface area contributed by atoms with Gasteiger partial charge in [-0.25, -0.2) is 0 Å². The fraction of sp³-hybridized carbons (Fsp3) is 0.150. The molecule has 3 aromatic rings. The molecule has 4 rings (SSSR count). The van der Waals surface area contributed by atoms with Crippen LogP contribution >= 0.6 is 0 Å². The van der Waals surface area contributed by atoms with Gasteiger partial charge in [0.2, 0.25) is 0 Å². The summed E-state index contributed by atoms with van der Waals surface area (Å²) < 4.78 is 5.64. The average molecular weight is 302 g/mol. The summed E-state index contributed by atoms with van der Waals surface area (Å²) in [5, 5.41) is 0. The first-order chi connectivity index (χ1) is 11.4. The van der Waals surface area contributed by atoms with Gasteiger partial charge in [-0.1, -0.05) is 48.5 Å². The van der Waals surface area contributed by atoms with E-state index in [9.17, 15) is 0 Å². The molecule has 2 heterocycles. The van der Waals surface area contributed by atoms with Gasteiger partial charge in [0.25, 0.3) is 0 Å². The number of furan rings is 1. The quantitative estimate of drug-likeness (QED) is 0.703. The van der Waals surface area contributed by atoms with Crippen LogP contribution in [0.4, 0.5) is 5.69 Å². The van der Waals surface area contributed by atoms with E-state index in [1.165, 1.54) is 5.56 Å². The van der Waals surface area contributed by atoms with E-state index in [0.717, 1.165) is 30.2 Å². The van der Waals surface area contributed by atoms with Crippen molar-refractivity contribution in [2.75, 3.05) is 11.4 Å². The van der Waals surface area contributed by atoms with Gasteiger partial charge < -0.3 is 9.32 Å². The molecule has 0 fully saturated rings. The van der Waals surface area contributed by atoms with Gasteiger partial charge in [0.1, 0.15) is 0 Å². The first-order valence-electron chi connectivity index (χ1n) is 7.91. The molecule has 3 nitrogen and oxygen atoms in total. The summed E-state index contributed by atoms with van der Waals surface area (Å²) in [6.07, 6.45) is 2.69. The summed E-state index contributed by atoms with van der Waals surface area (Å²) in [5.74, 6) is 1.72. The van der Waals surface area contributed by atoms with Gasteiger partial charge in [0.15, 0.2) is 11.6 Å². The number of amidine groups is 1. The maximum absolute atomic E-state index is 5.64. The third-order valence-electron chi connectivity index (χ3n) is 4.16. The lowest BCUT2D eigenvalue weighted by Gasteiger charge is -2.37. The van der Waals surface area contributed by atoms with Crippen molar-refractivity contribution in [2.24, 2.45) is 4.99 Å². The van der Waals surface area contributed by atoms with E-state index in [1.807, 2.05) is 18.2 Å². The maximum Gasteiger partial charge on any atom is 0.172 e. The molecule has 1 aromatic heterocycles. The van der Waals surface area contributed by atoms with Crippen molar-refractivity contribution in [3.8, 4) is 0 Å². The van der Waals surface area contributed by atoms with Crippen molar-refractivity contribution in [2.45, 2.75) is 12.5 Å². The summed E-state index contributed by atoms with van der Waals surface area (Å²) in [7, 11) is 0. The standard InChI is InChI=1S/C20H18N2O/c1-3-8-16(9-4-1)18-13-14-21-20(19-12-7-15-23-19)22(18)17-10-5-2-6-11-17/h1-12,15,18H,13-14H2. The second-order valence-electron chi connectivity index (χ2n) is 5.60. The normalized spacial score (nSPS) is 17.8. The molecule has 0 amide bonds. The highest BCUT2D eigenvalue weighted by atomic mass is 16.3. The van der Waals surface area contributed by atoms with Crippen LogP contribution in [0.2, 0.25) is 0 Å². The molecule has 0 saturated carbocycles. The predicted molar refractivity (Wildman–Crippen MR) is 92.8 cm³/mol. The molecule has 1 unspecified atom stereocenters. The molecule has 2 aromatic carbocycles. The SMILES string of the molecule is c1ccc(C2CCN=C(c3ccco3)N2c2ccccc2)cc1. The van der Waals surface area contributed by atoms with Gasteiger partial charge >= 0.3 is 0 Å². The Bertz CT molecular complexity index is 779. The van der Waals surface area contributed by atoms with Gasteiger partial charge in [-0.2, -0.15) is 0 Å². The van der Waals surface area contributed by atoms with Crippen molar-refractivity contribution >= 4 is 11.5 Å². The van der Waals surface area contributed by atoms with E-state index in [2.05, 4.69) is 59.5 Å². The Labute approximate surface area is 135 Å².